The zero-order chi connectivity index (χ0) is 19.7. The summed E-state index contributed by atoms with van der Waals surface area (Å²) in [4.78, 5) is 12.7. The van der Waals surface area contributed by atoms with E-state index < -0.39 is 0 Å². The van der Waals surface area contributed by atoms with E-state index in [2.05, 4.69) is 30.7 Å². The number of nitrogens with one attached hydrogen (secondary N) is 1. The van der Waals surface area contributed by atoms with E-state index in [1.165, 1.54) is 31.0 Å². The van der Waals surface area contributed by atoms with Crippen molar-refractivity contribution in [3.63, 3.8) is 0 Å². The Bertz CT molecular complexity index is 914. The van der Waals surface area contributed by atoms with Crippen LogP contribution in [0.1, 0.15) is 73.9 Å². The fourth-order valence-electron chi connectivity index (χ4n) is 4.12. The van der Waals surface area contributed by atoms with Gasteiger partial charge in [0.25, 0.3) is 0 Å². The van der Waals surface area contributed by atoms with Crippen LogP contribution in [0.15, 0.2) is 11.5 Å². The number of nitrogens with zero attached hydrogens (tertiary/aromatic N) is 5. The van der Waals surface area contributed by atoms with E-state index in [0.717, 1.165) is 42.1 Å². The van der Waals surface area contributed by atoms with Gasteiger partial charge < -0.3 is 14.5 Å². The predicted molar refractivity (Wildman–Crippen MR) is 108 cm³/mol. The molecule has 148 valence electrons. The van der Waals surface area contributed by atoms with Gasteiger partial charge in [0.15, 0.2) is 5.16 Å². The molecule has 2 aromatic heterocycles. The Morgan fingerprint density at radius 1 is 1.25 bits per heavy atom. The Morgan fingerprint density at radius 2 is 2.00 bits per heavy atom. The lowest BCUT2D eigenvalue weighted by atomic mass is 9.95. The van der Waals surface area contributed by atoms with Gasteiger partial charge in [0.05, 0.1) is 11.3 Å². The third kappa shape index (κ3) is 3.68. The number of hydrogen-bond acceptors (Lipinski definition) is 5. The maximum Gasteiger partial charge on any atom is 0.235 e. The first kappa shape index (κ1) is 19.1. The van der Waals surface area contributed by atoms with Crippen LogP contribution in [0.2, 0.25) is 0 Å². The molecule has 1 amide bonds. The Morgan fingerprint density at radius 3 is 2.68 bits per heavy atom. The second kappa shape index (κ2) is 8.00. The van der Waals surface area contributed by atoms with E-state index in [1.807, 2.05) is 13.8 Å². The zero-order valence-corrected chi connectivity index (χ0v) is 17.3. The first-order valence-electron chi connectivity index (χ1n) is 10.0. The molecule has 0 unspecified atom stereocenters. The third-order valence-electron chi connectivity index (χ3n) is 5.88. The highest BCUT2D eigenvalue weighted by Gasteiger charge is 2.28. The SMILES string of the molecule is Cc1c(C#N)c(NC(=O)CSc2nncn2C2CC2)n(C2CCCCC2)c1C. The van der Waals surface area contributed by atoms with E-state index in [0.29, 0.717) is 23.5 Å². The van der Waals surface area contributed by atoms with Crippen molar-refractivity contribution in [2.24, 2.45) is 0 Å². The van der Waals surface area contributed by atoms with Crippen molar-refractivity contribution in [2.75, 3.05) is 11.1 Å². The number of rotatable bonds is 6. The molecule has 2 aromatic rings. The summed E-state index contributed by atoms with van der Waals surface area (Å²) in [6.45, 7) is 4.02. The fraction of sp³-hybridized carbons (Fsp3) is 0.600. The molecule has 28 heavy (non-hydrogen) atoms. The minimum Gasteiger partial charge on any atom is -0.327 e. The molecule has 2 aliphatic rings. The highest BCUT2D eigenvalue weighted by Crippen LogP contribution is 2.38. The average Bonchev–Trinajstić information content (AvgIpc) is 3.39. The number of amides is 1. The van der Waals surface area contributed by atoms with E-state index in [1.54, 1.807) is 6.33 Å². The van der Waals surface area contributed by atoms with Crippen molar-refractivity contribution in [3.8, 4) is 6.07 Å². The number of nitriles is 1. The number of hydrogen-bond donors (Lipinski definition) is 1. The molecule has 2 aliphatic carbocycles. The van der Waals surface area contributed by atoms with Crippen LogP contribution in [-0.2, 0) is 4.79 Å². The van der Waals surface area contributed by atoms with Crippen LogP contribution in [0, 0.1) is 25.2 Å². The molecule has 1 N–H and O–H groups in total. The van der Waals surface area contributed by atoms with Gasteiger partial charge in [-0.1, -0.05) is 31.0 Å². The second-order valence-corrected chi connectivity index (χ2v) is 8.74. The summed E-state index contributed by atoms with van der Waals surface area (Å²) in [6.07, 6.45) is 9.90. The highest BCUT2D eigenvalue weighted by atomic mass is 32.2. The molecule has 7 nitrogen and oxygen atoms in total. The zero-order valence-electron chi connectivity index (χ0n) is 16.4. The standard InChI is InChI=1S/C20H26N6OS/c1-13-14(2)26(16-6-4-3-5-7-16)19(17(13)10-21)23-18(27)11-28-20-24-22-12-25(20)15-8-9-15/h12,15-16H,3-9,11H2,1-2H3,(H,23,27). The Hall–Kier alpha value is -2.27. The van der Waals surface area contributed by atoms with Gasteiger partial charge in [0, 0.05) is 17.8 Å². The van der Waals surface area contributed by atoms with Gasteiger partial charge in [0.2, 0.25) is 5.91 Å². The number of anilines is 1. The topological polar surface area (TPSA) is 88.5 Å². The molecular formula is C20H26N6OS. The van der Waals surface area contributed by atoms with E-state index >= 15 is 0 Å². The van der Waals surface area contributed by atoms with Crippen molar-refractivity contribution in [2.45, 2.75) is 76.0 Å². The normalized spacial score (nSPS) is 17.5. The first-order chi connectivity index (χ1) is 13.6. The van der Waals surface area contributed by atoms with Crippen LogP contribution < -0.4 is 5.32 Å². The quantitative estimate of drug-likeness (QED) is 0.739. The summed E-state index contributed by atoms with van der Waals surface area (Å²) in [5, 5.41) is 21.6. The van der Waals surface area contributed by atoms with Gasteiger partial charge in [0.1, 0.15) is 18.2 Å². The summed E-state index contributed by atoms with van der Waals surface area (Å²) >= 11 is 1.40. The van der Waals surface area contributed by atoms with Crippen molar-refractivity contribution < 1.29 is 4.79 Å². The van der Waals surface area contributed by atoms with E-state index in [-0.39, 0.29) is 11.7 Å². The molecule has 0 aliphatic heterocycles. The molecule has 0 radical (unpaired) electrons. The minimum absolute atomic E-state index is 0.110. The van der Waals surface area contributed by atoms with Gasteiger partial charge in [-0.3, -0.25) is 4.79 Å². The lowest BCUT2D eigenvalue weighted by Gasteiger charge is -2.27. The highest BCUT2D eigenvalue weighted by molar-refractivity contribution is 7.99. The van der Waals surface area contributed by atoms with E-state index in [4.69, 9.17) is 0 Å². The maximum absolute atomic E-state index is 12.7. The summed E-state index contributed by atoms with van der Waals surface area (Å²) in [5.74, 6) is 0.810. The Labute approximate surface area is 169 Å². The van der Waals surface area contributed by atoms with Gasteiger partial charge >= 0.3 is 0 Å². The molecule has 2 heterocycles. The molecule has 0 spiro atoms. The molecule has 8 heteroatoms. The van der Waals surface area contributed by atoms with Crippen molar-refractivity contribution in [3.05, 3.63) is 23.1 Å². The molecule has 0 bridgehead atoms. The van der Waals surface area contributed by atoms with Crippen molar-refractivity contribution in [1.29, 1.82) is 5.26 Å². The second-order valence-electron chi connectivity index (χ2n) is 7.80. The molecule has 2 saturated carbocycles. The van der Waals surface area contributed by atoms with Crippen LogP contribution in [0.5, 0.6) is 0 Å². The lowest BCUT2D eigenvalue weighted by Crippen LogP contribution is -2.22. The van der Waals surface area contributed by atoms with Gasteiger partial charge in [-0.15, -0.1) is 10.2 Å². The molecular weight excluding hydrogens is 372 g/mol. The first-order valence-corrected chi connectivity index (χ1v) is 11.0. The largest absolute Gasteiger partial charge is 0.327 e. The lowest BCUT2D eigenvalue weighted by molar-refractivity contribution is -0.113. The van der Waals surface area contributed by atoms with Crippen molar-refractivity contribution in [1.82, 2.24) is 19.3 Å². The Kier molecular flexibility index (Phi) is 5.44. The number of aromatic nitrogens is 4. The van der Waals surface area contributed by atoms with Crippen LogP contribution in [0.3, 0.4) is 0 Å². The molecule has 0 atom stereocenters. The summed E-state index contributed by atoms with van der Waals surface area (Å²) in [6, 6.07) is 3.15. The smallest absolute Gasteiger partial charge is 0.235 e. The fourth-order valence-corrected chi connectivity index (χ4v) is 4.90. The number of carbonyl (C=O) groups is 1. The minimum atomic E-state index is -0.110. The monoisotopic (exact) mass is 398 g/mol. The van der Waals surface area contributed by atoms with Crippen LogP contribution in [-0.4, -0.2) is 31.0 Å². The van der Waals surface area contributed by atoms with Crippen molar-refractivity contribution >= 4 is 23.5 Å². The summed E-state index contributed by atoms with van der Waals surface area (Å²) in [7, 11) is 0. The summed E-state index contributed by atoms with van der Waals surface area (Å²) < 4.78 is 4.25. The summed E-state index contributed by atoms with van der Waals surface area (Å²) in [5.41, 5.74) is 2.63. The number of thioether (sulfide) groups is 1. The molecule has 0 aromatic carbocycles. The maximum atomic E-state index is 12.7. The molecule has 4 rings (SSSR count). The van der Waals surface area contributed by atoms with Crippen LogP contribution in [0.4, 0.5) is 5.82 Å². The van der Waals surface area contributed by atoms with Gasteiger partial charge in [-0.2, -0.15) is 5.26 Å². The third-order valence-corrected chi connectivity index (χ3v) is 6.84. The van der Waals surface area contributed by atoms with Crippen LogP contribution in [0.25, 0.3) is 0 Å². The van der Waals surface area contributed by atoms with Gasteiger partial charge in [-0.25, -0.2) is 0 Å². The Balaban J connectivity index is 1.51. The molecule has 2 fully saturated rings. The predicted octanol–water partition coefficient (Wildman–Crippen LogP) is 4.14. The molecule has 0 saturated heterocycles. The van der Waals surface area contributed by atoms with Gasteiger partial charge in [-0.05, 0) is 45.1 Å². The average molecular weight is 399 g/mol. The van der Waals surface area contributed by atoms with Crippen LogP contribution >= 0.6 is 11.8 Å². The number of carbonyl (C=O) groups excluding carboxylic acids is 1. The van der Waals surface area contributed by atoms with E-state index in [9.17, 15) is 10.1 Å².